The van der Waals surface area contributed by atoms with Gasteiger partial charge in [0.15, 0.2) is 5.96 Å². The fourth-order valence-electron chi connectivity index (χ4n) is 2.38. The topological polar surface area (TPSA) is 122 Å². The first kappa shape index (κ1) is 14.5. The zero-order valence-corrected chi connectivity index (χ0v) is 12.0. The average molecular weight is 311 g/mol. The van der Waals surface area contributed by atoms with Gasteiger partial charge in [0.2, 0.25) is 0 Å². The molecule has 0 fully saturated rings. The fraction of sp³-hybridized carbons (Fsp3) is 0.0667. The Labute approximate surface area is 130 Å². The number of hydrogen-bond donors (Lipinski definition) is 2. The molecule has 0 saturated heterocycles. The quantitative estimate of drug-likeness (QED) is 0.330. The van der Waals surface area contributed by atoms with Crippen LogP contribution < -0.4 is 10.6 Å². The van der Waals surface area contributed by atoms with Gasteiger partial charge in [0.25, 0.3) is 0 Å². The summed E-state index contributed by atoms with van der Waals surface area (Å²) in [4.78, 5) is 16.3. The summed E-state index contributed by atoms with van der Waals surface area (Å²) in [6.45, 7) is 0.108. The van der Waals surface area contributed by atoms with Gasteiger partial charge in [-0.05, 0) is 18.2 Å². The van der Waals surface area contributed by atoms with Crippen LogP contribution in [-0.2, 0) is 6.54 Å². The van der Waals surface area contributed by atoms with Crippen molar-refractivity contribution < 1.29 is 9.34 Å². The molecule has 0 bridgehead atoms. The molecule has 3 aromatic rings. The van der Waals surface area contributed by atoms with Crippen molar-refractivity contribution >= 4 is 28.2 Å². The van der Waals surface area contributed by atoms with Crippen molar-refractivity contribution in [3.8, 4) is 0 Å². The number of hydrogen-bond acceptors (Lipinski definition) is 5. The van der Waals surface area contributed by atoms with E-state index in [0.717, 1.165) is 0 Å². The molecule has 8 heteroatoms. The second-order valence-electron chi connectivity index (χ2n) is 4.82. The first-order chi connectivity index (χ1) is 11.1. The number of nitrogens with two attached hydrogens (primary N) is 1. The minimum Gasteiger partial charge on any atom is -0.467 e. The van der Waals surface area contributed by atoms with Crippen LogP contribution in [-0.4, -0.2) is 15.9 Å². The Morgan fingerprint density at radius 3 is 2.78 bits per heavy atom. The van der Waals surface area contributed by atoms with Crippen LogP contribution >= 0.6 is 0 Å². The summed E-state index contributed by atoms with van der Waals surface area (Å²) in [5.74, 6) is 0.219. The molecular weight excluding hydrogens is 298 g/mol. The van der Waals surface area contributed by atoms with Crippen LogP contribution in [0.15, 0.2) is 53.3 Å². The number of pyridine rings is 1. The number of para-hydroxylation sites is 1. The number of nitrogens with one attached hydrogen (secondary N) is 1. The molecule has 1 aromatic carbocycles. The van der Waals surface area contributed by atoms with E-state index in [0.29, 0.717) is 16.7 Å². The van der Waals surface area contributed by atoms with Crippen LogP contribution in [0.2, 0.25) is 0 Å². The largest absolute Gasteiger partial charge is 0.467 e. The van der Waals surface area contributed by atoms with Crippen molar-refractivity contribution in [3.63, 3.8) is 0 Å². The van der Waals surface area contributed by atoms with Crippen LogP contribution in [0.25, 0.3) is 10.9 Å². The number of furan rings is 1. The van der Waals surface area contributed by atoms with Crippen molar-refractivity contribution in [2.24, 2.45) is 5.73 Å². The molecule has 0 spiro atoms. The van der Waals surface area contributed by atoms with Gasteiger partial charge in [-0.25, -0.2) is 4.98 Å². The third kappa shape index (κ3) is 2.69. The number of benzene rings is 1. The Morgan fingerprint density at radius 1 is 1.35 bits per heavy atom. The SMILES string of the molecule is N=C(N)N(Cc1ccco1)c1c([N+](=O)[O-])cnc2ccccc12. The molecule has 116 valence electrons. The summed E-state index contributed by atoms with van der Waals surface area (Å²) < 4.78 is 5.27. The number of nitro groups is 1. The number of rotatable bonds is 4. The molecule has 0 unspecified atom stereocenters. The van der Waals surface area contributed by atoms with Gasteiger partial charge in [0, 0.05) is 5.39 Å². The Balaban J connectivity index is 2.23. The molecule has 0 aliphatic heterocycles. The van der Waals surface area contributed by atoms with E-state index >= 15 is 0 Å². The van der Waals surface area contributed by atoms with E-state index in [-0.39, 0.29) is 23.9 Å². The highest BCUT2D eigenvalue weighted by Gasteiger charge is 2.25. The third-order valence-corrected chi connectivity index (χ3v) is 3.38. The number of anilines is 1. The van der Waals surface area contributed by atoms with Crippen LogP contribution in [0.1, 0.15) is 5.76 Å². The molecule has 0 atom stereocenters. The zero-order valence-electron chi connectivity index (χ0n) is 12.0. The lowest BCUT2D eigenvalue weighted by Crippen LogP contribution is -2.36. The van der Waals surface area contributed by atoms with E-state index in [1.54, 1.807) is 36.4 Å². The van der Waals surface area contributed by atoms with Crippen molar-refractivity contribution in [3.05, 3.63) is 64.7 Å². The van der Waals surface area contributed by atoms with Crippen LogP contribution in [0.5, 0.6) is 0 Å². The highest BCUT2D eigenvalue weighted by atomic mass is 16.6. The van der Waals surface area contributed by atoms with Crippen molar-refractivity contribution in [2.75, 3.05) is 4.90 Å². The standard InChI is InChI=1S/C15H13N5O3/c16-15(17)19(9-10-4-3-7-23-10)14-11-5-1-2-6-12(11)18-8-13(14)20(21)22/h1-8H,9H2,(H3,16,17). The predicted molar refractivity (Wildman–Crippen MR) is 85.2 cm³/mol. The van der Waals surface area contributed by atoms with E-state index in [1.165, 1.54) is 17.4 Å². The molecule has 3 N–H and O–H groups in total. The Bertz CT molecular complexity index is 876. The fourth-order valence-corrected chi connectivity index (χ4v) is 2.38. The average Bonchev–Trinajstić information content (AvgIpc) is 3.04. The van der Waals surface area contributed by atoms with Gasteiger partial charge in [0.05, 0.1) is 23.2 Å². The summed E-state index contributed by atoms with van der Waals surface area (Å²) in [7, 11) is 0. The van der Waals surface area contributed by atoms with Gasteiger partial charge >= 0.3 is 5.69 Å². The van der Waals surface area contributed by atoms with Crippen molar-refractivity contribution in [1.29, 1.82) is 5.41 Å². The van der Waals surface area contributed by atoms with Crippen LogP contribution in [0.4, 0.5) is 11.4 Å². The monoisotopic (exact) mass is 311 g/mol. The van der Waals surface area contributed by atoms with E-state index in [9.17, 15) is 10.1 Å². The second kappa shape index (κ2) is 5.76. The molecule has 0 amide bonds. The molecule has 0 aliphatic carbocycles. The van der Waals surface area contributed by atoms with Crippen LogP contribution in [0.3, 0.4) is 0 Å². The maximum absolute atomic E-state index is 11.4. The molecule has 23 heavy (non-hydrogen) atoms. The van der Waals surface area contributed by atoms with Crippen LogP contribution in [0, 0.1) is 15.5 Å². The lowest BCUT2D eigenvalue weighted by atomic mass is 10.1. The molecule has 2 heterocycles. The molecule has 2 aromatic heterocycles. The number of nitrogens with zero attached hydrogens (tertiary/aromatic N) is 3. The summed E-state index contributed by atoms with van der Waals surface area (Å²) in [5.41, 5.74) is 6.26. The molecule has 0 saturated carbocycles. The van der Waals surface area contributed by atoms with Crippen molar-refractivity contribution in [2.45, 2.75) is 6.54 Å². The first-order valence-corrected chi connectivity index (χ1v) is 6.74. The molecule has 3 rings (SSSR count). The lowest BCUT2D eigenvalue weighted by Gasteiger charge is -2.22. The maximum atomic E-state index is 11.4. The zero-order chi connectivity index (χ0) is 16.4. The lowest BCUT2D eigenvalue weighted by molar-refractivity contribution is -0.384. The first-order valence-electron chi connectivity index (χ1n) is 6.74. The normalized spacial score (nSPS) is 10.6. The van der Waals surface area contributed by atoms with Gasteiger partial charge < -0.3 is 10.2 Å². The Hall–Kier alpha value is -3.42. The van der Waals surface area contributed by atoms with Crippen molar-refractivity contribution in [1.82, 2.24) is 4.98 Å². The minimum atomic E-state index is -0.535. The summed E-state index contributed by atoms with van der Waals surface area (Å²) in [5, 5.41) is 19.8. The van der Waals surface area contributed by atoms with Gasteiger partial charge in [-0.15, -0.1) is 0 Å². The minimum absolute atomic E-state index is 0.108. The third-order valence-electron chi connectivity index (χ3n) is 3.38. The number of aromatic nitrogens is 1. The molecule has 8 nitrogen and oxygen atoms in total. The Kier molecular flexibility index (Phi) is 3.63. The molecule has 0 radical (unpaired) electrons. The van der Waals surface area contributed by atoms with Gasteiger partial charge in [-0.2, -0.15) is 0 Å². The summed E-state index contributed by atoms with van der Waals surface area (Å²) in [6.07, 6.45) is 2.67. The second-order valence-corrected chi connectivity index (χ2v) is 4.82. The van der Waals surface area contributed by atoms with E-state index in [4.69, 9.17) is 15.6 Å². The number of fused-ring (bicyclic) bond motifs is 1. The smallest absolute Gasteiger partial charge is 0.311 e. The van der Waals surface area contributed by atoms with Gasteiger partial charge in [-0.1, -0.05) is 18.2 Å². The maximum Gasteiger partial charge on any atom is 0.311 e. The Morgan fingerprint density at radius 2 is 2.13 bits per heavy atom. The van der Waals surface area contributed by atoms with Gasteiger partial charge in [-0.3, -0.25) is 20.4 Å². The van der Waals surface area contributed by atoms with E-state index in [1.807, 2.05) is 0 Å². The highest BCUT2D eigenvalue weighted by molar-refractivity contribution is 6.05. The van der Waals surface area contributed by atoms with E-state index in [2.05, 4.69) is 4.98 Å². The van der Waals surface area contributed by atoms with E-state index < -0.39 is 4.92 Å². The highest BCUT2D eigenvalue weighted by Crippen LogP contribution is 2.35. The van der Waals surface area contributed by atoms with Gasteiger partial charge in [0.1, 0.15) is 17.6 Å². The molecular formula is C15H13N5O3. The molecule has 0 aliphatic rings. The predicted octanol–water partition coefficient (Wildman–Crippen LogP) is 2.64. The summed E-state index contributed by atoms with van der Waals surface area (Å²) >= 11 is 0. The summed E-state index contributed by atoms with van der Waals surface area (Å²) in [6, 6.07) is 10.4. The number of guanidine groups is 1.